The molecular formula is C6H11Cl2N3. The van der Waals surface area contributed by atoms with Crippen LogP contribution in [0.1, 0.15) is 5.69 Å². The summed E-state index contributed by atoms with van der Waals surface area (Å²) < 4.78 is 0. The lowest BCUT2D eigenvalue weighted by Crippen LogP contribution is -1.95. The predicted molar refractivity (Wildman–Crippen MR) is 52.3 cm³/mol. The summed E-state index contributed by atoms with van der Waals surface area (Å²) in [6.07, 6.45) is 1.56. The first kappa shape index (κ1) is 13.0. The summed E-state index contributed by atoms with van der Waals surface area (Å²) in [7, 11) is 0. The fraction of sp³-hybridized carbons (Fsp3) is 0.167. The van der Waals surface area contributed by atoms with E-state index in [2.05, 4.69) is 4.98 Å². The van der Waals surface area contributed by atoms with Gasteiger partial charge in [-0.05, 0) is 13.0 Å². The molecule has 1 rings (SSSR count). The fourth-order valence-electron chi connectivity index (χ4n) is 0.592. The highest BCUT2D eigenvalue weighted by atomic mass is 35.5. The van der Waals surface area contributed by atoms with Gasteiger partial charge in [0, 0.05) is 5.69 Å². The Kier molecular flexibility index (Phi) is 5.94. The maximum atomic E-state index is 5.46. The van der Waals surface area contributed by atoms with E-state index >= 15 is 0 Å². The van der Waals surface area contributed by atoms with Gasteiger partial charge in [-0.3, -0.25) is 4.98 Å². The Morgan fingerprint density at radius 1 is 1.18 bits per heavy atom. The van der Waals surface area contributed by atoms with Gasteiger partial charge in [0.15, 0.2) is 0 Å². The second-order valence-electron chi connectivity index (χ2n) is 1.95. The number of nitrogen functional groups attached to an aromatic ring is 2. The van der Waals surface area contributed by atoms with Gasteiger partial charge in [0.1, 0.15) is 0 Å². The van der Waals surface area contributed by atoms with E-state index in [1.54, 1.807) is 12.3 Å². The minimum atomic E-state index is 0. The predicted octanol–water partition coefficient (Wildman–Crippen LogP) is 1.40. The van der Waals surface area contributed by atoms with E-state index in [1.807, 2.05) is 6.92 Å². The molecule has 4 N–H and O–H groups in total. The number of pyridine rings is 1. The molecule has 5 heteroatoms. The van der Waals surface area contributed by atoms with Crippen LogP contribution < -0.4 is 11.5 Å². The lowest BCUT2D eigenvalue weighted by atomic mass is 10.3. The Morgan fingerprint density at radius 3 is 2.09 bits per heavy atom. The van der Waals surface area contributed by atoms with Crippen molar-refractivity contribution in [2.45, 2.75) is 6.92 Å². The van der Waals surface area contributed by atoms with E-state index < -0.39 is 0 Å². The molecule has 0 bridgehead atoms. The third-order valence-electron chi connectivity index (χ3n) is 1.10. The van der Waals surface area contributed by atoms with E-state index in [-0.39, 0.29) is 24.8 Å². The van der Waals surface area contributed by atoms with Gasteiger partial charge in [0.2, 0.25) is 0 Å². The van der Waals surface area contributed by atoms with Gasteiger partial charge < -0.3 is 11.5 Å². The summed E-state index contributed by atoms with van der Waals surface area (Å²) in [5.74, 6) is 0. The van der Waals surface area contributed by atoms with Gasteiger partial charge in [0.25, 0.3) is 0 Å². The first-order chi connectivity index (χ1) is 4.20. The summed E-state index contributed by atoms with van der Waals surface area (Å²) in [5.41, 5.74) is 12.9. The molecule has 1 heterocycles. The number of aromatic nitrogens is 1. The zero-order valence-electron chi connectivity index (χ0n) is 6.07. The lowest BCUT2D eigenvalue weighted by molar-refractivity contribution is 1.21. The highest BCUT2D eigenvalue weighted by Crippen LogP contribution is 2.11. The molecule has 0 atom stereocenters. The molecule has 0 unspecified atom stereocenters. The number of halogens is 2. The molecule has 0 aromatic carbocycles. The highest BCUT2D eigenvalue weighted by Gasteiger charge is 1.91. The van der Waals surface area contributed by atoms with Crippen LogP contribution in [0.4, 0.5) is 11.4 Å². The second kappa shape index (κ2) is 5.04. The molecule has 0 aliphatic carbocycles. The van der Waals surface area contributed by atoms with Crippen molar-refractivity contribution in [1.29, 1.82) is 0 Å². The summed E-state index contributed by atoms with van der Waals surface area (Å²) in [4.78, 5) is 3.93. The van der Waals surface area contributed by atoms with Gasteiger partial charge in [-0.2, -0.15) is 0 Å². The van der Waals surface area contributed by atoms with Crippen LogP contribution in [-0.2, 0) is 0 Å². The Morgan fingerprint density at radius 2 is 1.73 bits per heavy atom. The molecular weight excluding hydrogens is 185 g/mol. The Hall–Kier alpha value is -0.670. The molecule has 0 amide bonds. The molecule has 0 saturated carbocycles. The number of nitrogens with two attached hydrogens (primary N) is 2. The fourth-order valence-corrected chi connectivity index (χ4v) is 0.592. The van der Waals surface area contributed by atoms with Crippen LogP contribution in [0.3, 0.4) is 0 Å². The van der Waals surface area contributed by atoms with Crippen LogP contribution in [0.25, 0.3) is 0 Å². The minimum Gasteiger partial charge on any atom is -0.397 e. The van der Waals surface area contributed by atoms with Gasteiger partial charge in [0.05, 0.1) is 17.6 Å². The molecule has 1 aromatic heterocycles. The molecule has 0 saturated heterocycles. The number of rotatable bonds is 0. The van der Waals surface area contributed by atoms with Crippen molar-refractivity contribution < 1.29 is 0 Å². The SMILES string of the molecule is Cc1cc(N)c(N)cn1.Cl.Cl. The monoisotopic (exact) mass is 195 g/mol. The Balaban J connectivity index is 0. The van der Waals surface area contributed by atoms with E-state index in [0.717, 1.165) is 5.69 Å². The van der Waals surface area contributed by atoms with Gasteiger partial charge in [-0.1, -0.05) is 0 Å². The molecule has 3 nitrogen and oxygen atoms in total. The first-order valence-corrected chi connectivity index (χ1v) is 2.68. The van der Waals surface area contributed by atoms with Crippen molar-refractivity contribution in [3.63, 3.8) is 0 Å². The topological polar surface area (TPSA) is 64.9 Å². The third-order valence-corrected chi connectivity index (χ3v) is 1.10. The normalized spacial score (nSPS) is 7.73. The molecule has 0 fully saturated rings. The molecule has 1 aromatic rings. The molecule has 0 radical (unpaired) electrons. The summed E-state index contributed by atoms with van der Waals surface area (Å²) in [6, 6.07) is 1.75. The molecule has 0 aliphatic rings. The lowest BCUT2D eigenvalue weighted by Gasteiger charge is -1.97. The zero-order valence-corrected chi connectivity index (χ0v) is 7.71. The average Bonchev–Trinajstić information content (AvgIpc) is 1.80. The van der Waals surface area contributed by atoms with E-state index in [4.69, 9.17) is 11.5 Å². The van der Waals surface area contributed by atoms with Crippen LogP contribution in [0.15, 0.2) is 12.3 Å². The van der Waals surface area contributed by atoms with Crippen molar-refractivity contribution in [2.24, 2.45) is 0 Å². The van der Waals surface area contributed by atoms with Gasteiger partial charge in [-0.15, -0.1) is 24.8 Å². The molecule has 11 heavy (non-hydrogen) atoms. The van der Waals surface area contributed by atoms with E-state index in [0.29, 0.717) is 11.4 Å². The minimum absolute atomic E-state index is 0. The Labute approximate surface area is 78.0 Å². The van der Waals surface area contributed by atoms with Crippen molar-refractivity contribution in [2.75, 3.05) is 11.5 Å². The van der Waals surface area contributed by atoms with Crippen LogP contribution in [0.2, 0.25) is 0 Å². The third kappa shape index (κ3) is 3.30. The Bertz CT molecular complexity index is 227. The summed E-state index contributed by atoms with van der Waals surface area (Å²) >= 11 is 0. The number of anilines is 2. The molecule has 0 spiro atoms. The van der Waals surface area contributed by atoms with Crippen molar-refractivity contribution in [1.82, 2.24) is 4.98 Å². The molecule has 0 aliphatic heterocycles. The molecule has 64 valence electrons. The van der Waals surface area contributed by atoms with Crippen LogP contribution in [0, 0.1) is 6.92 Å². The van der Waals surface area contributed by atoms with Crippen molar-refractivity contribution >= 4 is 36.2 Å². The smallest absolute Gasteiger partial charge is 0.0734 e. The summed E-state index contributed by atoms with van der Waals surface area (Å²) in [6.45, 7) is 1.87. The second-order valence-corrected chi connectivity index (χ2v) is 1.95. The number of hydrogen-bond acceptors (Lipinski definition) is 3. The first-order valence-electron chi connectivity index (χ1n) is 2.68. The zero-order chi connectivity index (χ0) is 6.85. The van der Waals surface area contributed by atoms with E-state index in [1.165, 1.54) is 0 Å². The van der Waals surface area contributed by atoms with Crippen molar-refractivity contribution in [3.05, 3.63) is 18.0 Å². The highest BCUT2D eigenvalue weighted by molar-refractivity contribution is 5.85. The number of nitrogens with zero attached hydrogens (tertiary/aromatic N) is 1. The maximum absolute atomic E-state index is 5.46. The standard InChI is InChI=1S/C6H9N3.2ClH/c1-4-2-5(7)6(8)3-9-4;;/h2-3H,8H2,1H3,(H2,7,9);2*1H. The van der Waals surface area contributed by atoms with E-state index in [9.17, 15) is 0 Å². The average molecular weight is 196 g/mol. The quantitative estimate of drug-likeness (QED) is 0.659. The van der Waals surface area contributed by atoms with Crippen LogP contribution in [-0.4, -0.2) is 4.98 Å². The van der Waals surface area contributed by atoms with Crippen LogP contribution >= 0.6 is 24.8 Å². The maximum Gasteiger partial charge on any atom is 0.0734 e. The van der Waals surface area contributed by atoms with Crippen molar-refractivity contribution in [3.8, 4) is 0 Å². The van der Waals surface area contributed by atoms with Crippen LogP contribution in [0.5, 0.6) is 0 Å². The number of hydrogen-bond donors (Lipinski definition) is 2. The summed E-state index contributed by atoms with van der Waals surface area (Å²) in [5, 5.41) is 0. The van der Waals surface area contributed by atoms with Gasteiger partial charge >= 0.3 is 0 Å². The number of aryl methyl sites for hydroxylation is 1. The largest absolute Gasteiger partial charge is 0.397 e. The van der Waals surface area contributed by atoms with Gasteiger partial charge in [-0.25, -0.2) is 0 Å².